The van der Waals surface area contributed by atoms with Crippen molar-refractivity contribution in [3.05, 3.63) is 144 Å². The number of aryl methyl sites for hydroxylation is 1. The second kappa shape index (κ2) is 9.03. The van der Waals surface area contributed by atoms with E-state index >= 15 is 0 Å². The number of thiazole rings is 1. The molecule has 0 saturated carbocycles. The molecule has 2 heterocycles. The second-order valence-electron chi connectivity index (χ2n) is 13.1. The Balaban J connectivity index is 1.21. The van der Waals surface area contributed by atoms with Crippen LogP contribution in [0.1, 0.15) is 42.5 Å². The van der Waals surface area contributed by atoms with Crippen molar-refractivity contribution in [1.29, 1.82) is 0 Å². The molecule has 2 nitrogen and oxygen atoms in total. The zero-order chi connectivity index (χ0) is 29.9. The van der Waals surface area contributed by atoms with E-state index in [-0.39, 0.29) is 5.41 Å². The molecule has 2 aliphatic rings. The highest BCUT2D eigenvalue weighted by Gasteiger charge is 2.41. The van der Waals surface area contributed by atoms with Crippen LogP contribution in [0.3, 0.4) is 0 Å². The van der Waals surface area contributed by atoms with E-state index in [0.29, 0.717) is 0 Å². The lowest BCUT2D eigenvalue weighted by Gasteiger charge is -2.30. The molecule has 214 valence electrons. The lowest BCUT2D eigenvalue weighted by Crippen LogP contribution is -2.18. The topological polar surface area (TPSA) is 17.8 Å². The molecule has 0 aliphatic heterocycles. The fourth-order valence-corrected chi connectivity index (χ4v) is 9.34. The van der Waals surface area contributed by atoms with Crippen LogP contribution in [0.5, 0.6) is 0 Å². The Hall–Kier alpha value is -4.99. The minimum atomic E-state index is -0.120. The minimum absolute atomic E-state index is 0.120. The van der Waals surface area contributed by atoms with Crippen LogP contribution in [0.15, 0.2) is 121 Å². The molecular weight excluding hydrogens is 565 g/mol. The van der Waals surface area contributed by atoms with Gasteiger partial charge in [-0.2, -0.15) is 0 Å². The molecule has 10 rings (SSSR count). The fourth-order valence-electron chi connectivity index (χ4n) is 8.36. The molecule has 0 N–H and O–H groups in total. The SMILES string of the molecule is CC1(C)C2=C(CCc3c2ccc2ccc4sc(-c5ccccc5)nc4c32)c2cc3c4ccccc4n(-c4ccccc4)c3cc21. The average Bonchev–Trinajstić information content (AvgIpc) is 3.73. The van der Waals surface area contributed by atoms with Gasteiger partial charge < -0.3 is 4.57 Å². The Kier molecular flexibility index (Phi) is 5.09. The van der Waals surface area contributed by atoms with Gasteiger partial charge in [0.15, 0.2) is 0 Å². The van der Waals surface area contributed by atoms with E-state index in [1.54, 1.807) is 11.3 Å². The van der Waals surface area contributed by atoms with Gasteiger partial charge in [-0.3, -0.25) is 0 Å². The molecule has 6 aromatic carbocycles. The van der Waals surface area contributed by atoms with Crippen molar-refractivity contribution in [1.82, 2.24) is 9.55 Å². The van der Waals surface area contributed by atoms with Crippen molar-refractivity contribution in [2.45, 2.75) is 32.1 Å². The molecule has 0 bridgehead atoms. The molecule has 0 fully saturated rings. The predicted molar refractivity (Wildman–Crippen MR) is 192 cm³/mol. The Morgan fingerprint density at radius 3 is 2.29 bits per heavy atom. The number of allylic oxidation sites excluding steroid dienone is 2. The summed E-state index contributed by atoms with van der Waals surface area (Å²) in [5.41, 5.74) is 14.7. The number of aromatic nitrogens is 2. The van der Waals surface area contributed by atoms with E-state index in [1.165, 1.54) is 81.9 Å². The van der Waals surface area contributed by atoms with Crippen molar-refractivity contribution < 1.29 is 0 Å². The molecule has 0 spiro atoms. The third-order valence-electron chi connectivity index (χ3n) is 10.3. The van der Waals surface area contributed by atoms with Crippen LogP contribution < -0.4 is 0 Å². The highest BCUT2D eigenvalue weighted by molar-refractivity contribution is 7.21. The molecule has 0 radical (unpaired) electrons. The van der Waals surface area contributed by atoms with Crippen molar-refractivity contribution in [3.63, 3.8) is 0 Å². The van der Waals surface area contributed by atoms with Crippen molar-refractivity contribution >= 4 is 65.3 Å². The summed E-state index contributed by atoms with van der Waals surface area (Å²) in [4.78, 5) is 5.28. The number of rotatable bonds is 2. The maximum atomic E-state index is 5.28. The van der Waals surface area contributed by atoms with Gasteiger partial charge >= 0.3 is 0 Å². The number of hydrogen-bond acceptors (Lipinski definition) is 2. The molecule has 0 atom stereocenters. The first kappa shape index (κ1) is 25.3. The molecule has 3 heteroatoms. The van der Waals surface area contributed by atoms with Crippen LogP contribution in [0.25, 0.3) is 70.2 Å². The van der Waals surface area contributed by atoms with E-state index in [0.717, 1.165) is 23.4 Å². The third kappa shape index (κ3) is 3.42. The van der Waals surface area contributed by atoms with Gasteiger partial charge in [-0.05, 0) is 88.0 Å². The summed E-state index contributed by atoms with van der Waals surface area (Å²) in [6.45, 7) is 4.87. The van der Waals surface area contributed by atoms with Crippen LogP contribution in [0.4, 0.5) is 0 Å². The molecule has 2 aromatic heterocycles. The van der Waals surface area contributed by atoms with Gasteiger partial charge in [0.25, 0.3) is 0 Å². The van der Waals surface area contributed by atoms with Gasteiger partial charge in [0.05, 0.1) is 21.3 Å². The van der Waals surface area contributed by atoms with Crippen LogP contribution >= 0.6 is 11.3 Å². The van der Waals surface area contributed by atoms with E-state index in [2.05, 4.69) is 140 Å². The van der Waals surface area contributed by atoms with Gasteiger partial charge in [-0.15, -0.1) is 11.3 Å². The van der Waals surface area contributed by atoms with E-state index in [1.807, 2.05) is 0 Å². The third-order valence-corrected chi connectivity index (χ3v) is 11.4. The summed E-state index contributed by atoms with van der Waals surface area (Å²) < 4.78 is 3.71. The summed E-state index contributed by atoms with van der Waals surface area (Å²) in [6.07, 6.45) is 2.08. The van der Waals surface area contributed by atoms with Crippen molar-refractivity contribution in [2.75, 3.05) is 0 Å². The largest absolute Gasteiger partial charge is 0.309 e. The van der Waals surface area contributed by atoms with E-state index in [4.69, 9.17) is 4.98 Å². The molecule has 8 aromatic rings. The first-order valence-electron chi connectivity index (χ1n) is 15.9. The van der Waals surface area contributed by atoms with Crippen LogP contribution in [0.2, 0.25) is 0 Å². The van der Waals surface area contributed by atoms with Crippen LogP contribution in [0, 0.1) is 0 Å². The zero-order valence-corrected chi connectivity index (χ0v) is 26.1. The lowest BCUT2D eigenvalue weighted by atomic mass is 9.73. The van der Waals surface area contributed by atoms with E-state index < -0.39 is 0 Å². The molecule has 45 heavy (non-hydrogen) atoms. The minimum Gasteiger partial charge on any atom is -0.309 e. The van der Waals surface area contributed by atoms with Gasteiger partial charge in [0.2, 0.25) is 0 Å². The first-order valence-corrected chi connectivity index (χ1v) is 16.7. The van der Waals surface area contributed by atoms with Crippen LogP contribution in [-0.2, 0) is 11.8 Å². The van der Waals surface area contributed by atoms with Crippen molar-refractivity contribution in [3.8, 4) is 16.3 Å². The highest BCUT2D eigenvalue weighted by Crippen LogP contribution is 2.57. The first-order chi connectivity index (χ1) is 22.1. The molecule has 2 aliphatic carbocycles. The fraction of sp³-hybridized carbons (Fsp3) is 0.119. The van der Waals surface area contributed by atoms with Gasteiger partial charge in [0, 0.05) is 32.8 Å². The Morgan fingerprint density at radius 1 is 0.689 bits per heavy atom. The Bertz CT molecular complexity index is 2550. The van der Waals surface area contributed by atoms with Gasteiger partial charge in [-0.1, -0.05) is 98.8 Å². The normalized spacial score (nSPS) is 15.2. The smallest absolute Gasteiger partial charge is 0.124 e. The van der Waals surface area contributed by atoms with Crippen LogP contribution in [-0.4, -0.2) is 9.55 Å². The molecule has 0 unspecified atom stereocenters. The summed E-state index contributed by atoms with van der Waals surface area (Å²) in [5, 5.41) is 6.37. The monoisotopic (exact) mass is 594 g/mol. The van der Waals surface area contributed by atoms with E-state index in [9.17, 15) is 0 Å². The zero-order valence-electron chi connectivity index (χ0n) is 25.3. The molecule has 0 amide bonds. The summed E-state index contributed by atoms with van der Waals surface area (Å²) >= 11 is 1.80. The Labute approximate surface area is 265 Å². The number of fused-ring (bicyclic) bond motifs is 11. The Morgan fingerprint density at radius 2 is 1.44 bits per heavy atom. The van der Waals surface area contributed by atoms with Gasteiger partial charge in [-0.25, -0.2) is 4.98 Å². The summed E-state index contributed by atoms with van der Waals surface area (Å²) in [6, 6.07) is 44.6. The summed E-state index contributed by atoms with van der Waals surface area (Å²) in [5.74, 6) is 0. The summed E-state index contributed by atoms with van der Waals surface area (Å²) in [7, 11) is 0. The van der Waals surface area contributed by atoms with Gasteiger partial charge in [0.1, 0.15) is 5.01 Å². The molecule has 0 saturated heterocycles. The predicted octanol–water partition coefficient (Wildman–Crippen LogP) is 11.4. The van der Waals surface area contributed by atoms with Crippen molar-refractivity contribution in [2.24, 2.45) is 0 Å². The highest BCUT2D eigenvalue weighted by atomic mass is 32.1. The maximum absolute atomic E-state index is 5.28. The lowest BCUT2D eigenvalue weighted by molar-refractivity contribution is 0.701. The number of nitrogens with zero attached hydrogens (tertiary/aromatic N) is 2. The number of hydrogen-bond donors (Lipinski definition) is 0. The molecular formula is C42H30N2S. The quantitative estimate of drug-likeness (QED) is 0.195. The standard InChI is InChI=1S/C42H30N2S/c1-42(2)34-24-36-33(28-15-9-10-16-35(28)44(36)27-13-7-4-8-14-27)23-32(34)31-21-20-29-30(39(31)42)19-17-25-18-22-37-40(38(25)29)43-41(45-37)26-11-5-3-6-12-26/h3-19,22-24H,20-21H2,1-2H3. The maximum Gasteiger partial charge on any atom is 0.124 e. The number of benzene rings is 6. The average molecular weight is 595 g/mol. The second-order valence-corrected chi connectivity index (χ2v) is 14.1. The number of para-hydroxylation sites is 2.